The number of ether oxygens (including phenoxy) is 1. The Morgan fingerprint density at radius 1 is 0.882 bits per heavy atom. The van der Waals surface area contributed by atoms with E-state index in [-0.39, 0.29) is 11.7 Å². The molecule has 7 nitrogen and oxygen atoms in total. The SMILES string of the molecule is CN(C)c1ccc(-c2cc(Nc3ccc(Oc4ccnc(C(F)(F)F)c4)cc3)nc(N)n2)cc1. The third-order valence-electron chi connectivity index (χ3n) is 4.81. The van der Waals surface area contributed by atoms with Gasteiger partial charge in [0.1, 0.15) is 23.0 Å². The lowest BCUT2D eigenvalue weighted by Crippen LogP contribution is -2.08. The maximum atomic E-state index is 12.8. The second-order valence-corrected chi connectivity index (χ2v) is 7.56. The predicted molar refractivity (Wildman–Crippen MR) is 125 cm³/mol. The zero-order valence-corrected chi connectivity index (χ0v) is 18.3. The van der Waals surface area contributed by atoms with Crippen LogP contribution in [-0.4, -0.2) is 29.0 Å². The van der Waals surface area contributed by atoms with Crippen molar-refractivity contribution in [2.75, 3.05) is 30.0 Å². The highest BCUT2D eigenvalue weighted by molar-refractivity contribution is 5.69. The second-order valence-electron chi connectivity index (χ2n) is 7.56. The largest absolute Gasteiger partial charge is 0.457 e. The molecule has 0 unspecified atom stereocenters. The lowest BCUT2D eigenvalue weighted by Gasteiger charge is -2.13. The molecule has 174 valence electrons. The molecule has 0 aliphatic carbocycles. The van der Waals surface area contributed by atoms with Crippen molar-refractivity contribution in [3.8, 4) is 22.8 Å². The van der Waals surface area contributed by atoms with E-state index >= 15 is 0 Å². The molecule has 0 saturated carbocycles. The Labute approximate surface area is 194 Å². The molecule has 3 N–H and O–H groups in total. The molecule has 0 saturated heterocycles. The van der Waals surface area contributed by atoms with Crippen LogP contribution in [0.1, 0.15) is 5.69 Å². The summed E-state index contributed by atoms with van der Waals surface area (Å²) in [5.74, 6) is 1.02. The van der Waals surface area contributed by atoms with E-state index < -0.39 is 11.9 Å². The molecule has 0 aliphatic rings. The molecule has 10 heteroatoms. The zero-order chi connectivity index (χ0) is 24.3. The third kappa shape index (κ3) is 5.52. The zero-order valence-electron chi connectivity index (χ0n) is 18.3. The summed E-state index contributed by atoms with van der Waals surface area (Å²) in [6, 6.07) is 18.5. The normalized spacial score (nSPS) is 11.2. The van der Waals surface area contributed by atoms with Gasteiger partial charge in [-0.1, -0.05) is 12.1 Å². The summed E-state index contributed by atoms with van der Waals surface area (Å²) in [5.41, 5.74) is 8.19. The summed E-state index contributed by atoms with van der Waals surface area (Å²) in [6.45, 7) is 0. The maximum Gasteiger partial charge on any atom is 0.433 e. The number of anilines is 4. The molecule has 0 aliphatic heterocycles. The first-order chi connectivity index (χ1) is 16.2. The number of rotatable bonds is 6. The van der Waals surface area contributed by atoms with Crippen molar-refractivity contribution < 1.29 is 17.9 Å². The van der Waals surface area contributed by atoms with Crippen LogP contribution in [0.2, 0.25) is 0 Å². The molecule has 4 aromatic rings. The Bertz CT molecular complexity index is 1280. The van der Waals surface area contributed by atoms with Crippen molar-refractivity contribution in [1.29, 1.82) is 0 Å². The van der Waals surface area contributed by atoms with Gasteiger partial charge in [0, 0.05) is 49.4 Å². The molecular formula is C24H21F3N6O. The molecule has 0 atom stereocenters. The summed E-state index contributed by atoms with van der Waals surface area (Å²) in [4.78, 5) is 13.9. The van der Waals surface area contributed by atoms with Gasteiger partial charge in [0.05, 0.1) is 5.69 Å². The number of hydrogen-bond donors (Lipinski definition) is 2. The van der Waals surface area contributed by atoms with Gasteiger partial charge in [-0.3, -0.25) is 4.98 Å². The predicted octanol–water partition coefficient (Wildman–Crippen LogP) is 5.74. The Hall–Kier alpha value is -4.34. The van der Waals surface area contributed by atoms with Crippen molar-refractivity contribution >= 4 is 23.1 Å². The molecule has 4 rings (SSSR count). The molecule has 0 radical (unpaired) electrons. The fourth-order valence-corrected chi connectivity index (χ4v) is 3.13. The van der Waals surface area contributed by atoms with Crippen LogP contribution in [0.3, 0.4) is 0 Å². The number of nitrogens with zero attached hydrogens (tertiary/aromatic N) is 4. The van der Waals surface area contributed by atoms with Gasteiger partial charge in [-0.05, 0) is 42.5 Å². The van der Waals surface area contributed by atoms with Crippen LogP contribution in [0.15, 0.2) is 72.9 Å². The molecule has 0 spiro atoms. The molecule has 0 amide bonds. The van der Waals surface area contributed by atoms with Gasteiger partial charge < -0.3 is 20.7 Å². The van der Waals surface area contributed by atoms with E-state index in [1.807, 2.05) is 43.3 Å². The number of nitrogens with two attached hydrogens (primary N) is 1. The number of nitrogens with one attached hydrogen (secondary N) is 1. The summed E-state index contributed by atoms with van der Waals surface area (Å²) < 4.78 is 44.0. The van der Waals surface area contributed by atoms with E-state index in [9.17, 15) is 13.2 Å². The van der Waals surface area contributed by atoms with Crippen LogP contribution in [0.25, 0.3) is 11.3 Å². The van der Waals surface area contributed by atoms with E-state index in [1.54, 1.807) is 30.3 Å². The fourth-order valence-electron chi connectivity index (χ4n) is 3.13. The van der Waals surface area contributed by atoms with Crippen molar-refractivity contribution in [3.05, 3.63) is 78.6 Å². The van der Waals surface area contributed by atoms with Crippen molar-refractivity contribution in [2.45, 2.75) is 6.18 Å². The topological polar surface area (TPSA) is 89.2 Å². The van der Waals surface area contributed by atoms with Crippen LogP contribution >= 0.6 is 0 Å². The first-order valence-electron chi connectivity index (χ1n) is 10.2. The van der Waals surface area contributed by atoms with Crippen molar-refractivity contribution in [3.63, 3.8) is 0 Å². The van der Waals surface area contributed by atoms with Crippen molar-refractivity contribution in [2.24, 2.45) is 0 Å². The Morgan fingerprint density at radius 3 is 2.24 bits per heavy atom. The fraction of sp³-hybridized carbons (Fsp3) is 0.125. The standard InChI is InChI=1S/C24H21F3N6O/c1-33(2)17-7-3-15(4-8-17)20-14-22(32-23(28)31-20)30-16-5-9-18(10-6-16)34-19-11-12-29-21(13-19)24(25,26)27/h3-14H,1-2H3,(H3,28,30,31,32). The van der Waals surface area contributed by atoms with Gasteiger partial charge in [-0.2, -0.15) is 18.2 Å². The Kier molecular flexibility index (Phi) is 6.22. The minimum atomic E-state index is -4.54. The van der Waals surface area contributed by atoms with Gasteiger partial charge >= 0.3 is 6.18 Å². The first-order valence-corrected chi connectivity index (χ1v) is 10.2. The number of alkyl halides is 3. The van der Waals surface area contributed by atoms with Crippen LogP contribution in [0, 0.1) is 0 Å². The molecule has 2 aromatic heterocycles. The monoisotopic (exact) mass is 466 g/mol. The van der Waals surface area contributed by atoms with E-state index in [2.05, 4.69) is 20.3 Å². The number of aromatic nitrogens is 3. The number of halogens is 3. The van der Waals surface area contributed by atoms with Crippen LogP contribution in [0.5, 0.6) is 11.5 Å². The van der Waals surface area contributed by atoms with E-state index in [4.69, 9.17) is 10.5 Å². The van der Waals surface area contributed by atoms with E-state index in [1.165, 1.54) is 6.07 Å². The number of pyridine rings is 1. The molecule has 0 fully saturated rings. The van der Waals surface area contributed by atoms with Crippen LogP contribution in [-0.2, 0) is 6.18 Å². The summed E-state index contributed by atoms with van der Waals surface area (Å²) in [6.07, 6.45) is -3.49. The lowest BCUT2D eigenvalue weighted by molar-refractivity contribution is -0.141. The average molecular weight is 466 g/mol. The third-order valence-corrected chi connectivity index (χ3v) is 4.81. The molecule has 0 bridgehead atoms. The van der Waals surface area contributed by atoms with Gasteiger partial charge in [0.2, 0.25) is 5.95 Å². The van der Waals surface area contributed by atoms with Gasteiger partial charge in [-0.25, -0.2) is 4.98 Å². The van der Waals surface area contributed by atoms with Crippen LogP contribution < -0.4 is 20.7 Å². The maximum absolute atomic E-state index is 12.8. The Morgan fingerprint density at radius 2 is 1.59 bits per heavy atom. The summed E-state index contributed by atoms with van der Waals surface area (Å²) in [5, 5.41) is 3.15. The van der Waals surface area contributed by atoms with Gasteiger partial charge in [0.15, 0.2) is 0 Å². The molecular weight excluding hydrogens is 445 g/mol. The molecule has 2 aromatic carbocycles. The lowest BCUT2D eigenvalue weighted by atomic mass is 10.1. The smallest absolute Gasteiger partial charge is 0.433 e. The highest BCUT2D eigenvalue weighted by Crippen LogP contribution is 2.31. The van der Waals surface area contributed by atoms with Gasteiger partial charge in [-0.15, -0.1) is 0 Å². The van der Waals surface area contributed by atoms with E-state index in [0.29, 0.717) is 22.9 Å². The van der Waals surface area contributed by atoms with E-state index in [0.717, 1.165) is 23.5 Å². The minimum absolute atomic E-state index is 0.0385. The quantitative estimate of drug-likeness (QED) is 0.374. The van der Waals surface area contributed by atoms with Crippen molar-refractivity contribution in [1.82, 2.24) is 15.0 Å². The van der Waals surface area contributed by atoms with Crippen LogP contribution in [0.4, 0.5) is 36.3 Å². The molecule has 2 heterocycles. The second kappa shape index (κ2) is 9.26. The number of nitrogen functional groups attached to an aromatic ring is 1. The summed E-state index contributed by atoms with van der Waals surface area (Å²) >= 11 is 0. The minimum Gasteiger partial charge on any atom is -0.457 e. The highest BCUT2D eigenvalue weighted by Gasteiger charge is 2.32. The average Bonchev–Trinajstić information content (AvgIpc) is 2.80. The molecule has 34 heavy (non-hydrogen) atoms. The highest BCUT2D eigenvalue weighted by atomic mass is 19.4. The summed E-state index contributed by atoms with van der Waals surface area (Å²) in [7, 11) is 3.93. The first kappa shape index (κ1) is 22.8. The van der Waals surface area contributed by atoms with Gasteiger partial charge in [0.25, 0.3) is 0 Å². The Balaban J connectivity index is 1.48. The number of benzene rings is 2. The number of hydrogen-bond acceptors (Lipinski definition) is 7.